The molecule has 0 spiro atoms. The zero-order valence-corrected chi connectivity index (χ0v) is 16.8. The van der Waals surface area contributed by atoms with Crippen LogP contribution in [0.25, 0.3) is 0 Å². The van der Waals surface area contributed by atoms with E-state index in [1.165, 1.54) is 4.31 Å². The summed E-state index contributed by atoms with van der Waals surface area (Å²) in [5.74, 6) is -0.291. The zero-order valence-electron chi connectivity index (χ0n) is 16.0. The van der Waals surface area contributed by atoms with Crippen molar-refractivity contribution >= 4 is 15.9 Å². The minimum atomic E-state index is -3.35. The van der Waals surface area contributed by atoms with E-state index in [-0.39, 0.29) is 24.1 Å². The molecule has 1 aliphatic rings. The second-order valence-corrected chi connectivity index (χ2v) is 9.23. The fourth-order valence-electron chi connectivity index (χ4n) is 3.47. The lowest BCUT2D eigenvalue weighted by atomic mass is 9.99. The standard InChI is InChI=1S/C21H27N3O3S/c25-21(23-16-20-12-4-5-13-22-20)19-11-6-14-24(17-19)28(26,27)15-7-10-18-8-2-1-3-9-18/h1-5,8-9,12-13,19H,6-7,10-11,14-17H2,(H,23,25)/t19-/m1/s1. The van der Waals surface area contributed by atoms with Crippen LogP contribution in [0, 0.1) is 5.92 Å². The Labute approximate surface area is 167 Å². The summed E-state index contributed by atoms with van der Waals surface area (Å²) in [6, 6.07) is 15.4. The normalized spacial score (nSPS) is 17.9. The van der Waals surface area contributed by atoms with Crippen molar-refractivity contribution in [2.45, 2.75) is 32.2 Å². The Balaban J connectivity index is 1.49. The molecule has 0 bridgehead atoms. The second-order valence-electron chi connectivity index (χ2n) is 7.14. The van der Waals surface area contributed by atoms with Crippen molar-refractivity contribution in [2.24, 2.45) is 5.92 Å². The van der Waals surface area contributed by atoms with E-state index in [4.69, 9.17) is 0 Å². The Bertz CT molecular complexity index is 857. The third-order valence-corrected chi connectivity index (χ3v) is 6.95. The molecule has 0 radical (unpaired) electrons. The lowest BCUT2D eigenvalue weighted by Crippen LogP contribution is -2.46. The van der Waals surface area contributed by atoms with Crippen molar-refractivity contribution in [1.82, 2.24) is 14.6 Å². The first-order valence-electron chi connectivity index (χ1n) is 9.74. The molecular formula is C21H27N3O3S. The number of amides is 1. The van der Waals surface area contributed by atoms with Gasteiger partial charge in [0.25, 0.3) is 0 Å². The number of hydrogen-bond donors (Lipinski definition) is 1. The van der Waals surface area contributed by atoms with E-state index in [1.54, 1.807) is 6.20 Å². The highest BCUT2D eigenvalue weighted by Gasteiger charge is 2.31. The fourth-order valence-corrected chi connectivity index (χ4v) is 5.05. The van der Waals surface area contributed by atoms with Crippen molar-refractivity contribution < 1.29 is 13.2 Å². The number of nitrogens with one attached hydrogen (secondary N) is 1. The molecule has 28 heavy (non-hydrogen) atoms. The third kappa shape index (κ3) is 5.87. The van der Waals surface area contributed by atoms with Crippen LogP contribution in [-0.2, 0) is 27.8 Å². The van der Waals surface area contributed by atoms with Gasteiger partial charge in [-0.1, -0.05) is 36.4 Å². The Hall–Kier alpha value is -2.25. The SMILES string of the molecule is O=C(NCc1ccccn1)[C@@H]1CCCN(S(=O)(=O)CCCc2ccccc2)C1. The molecular weight excluding hydrogens is 374 g/mol. The van der Waals surface area contributed by atoms with Crippen LogP contribution in [0.2, 0.25) is 0 Å². The van der Waals surface area contributed by atoms with Crippen LogP contribution in [0.1, 0.15) is 30.5 Å². The summed E-state index contributed by atoms with van der Waals surface area (Å²) in [5.41, 5.74) is 1.93. The molecule has 6 nitrogen and oxygen atoms in total. The van der Waals surface area contributed by atoms with E-state index in [2.05, 4.69) is 10.3 Å². The third-order valence-electron chi connectivity index (χ3n) is 5.03. The Kier molecular flexibility index (Phi) is 7.17. The number of aromatic nitrogens is 1. The Morgan fingerprint density at radius 3 is 2.68 bits per heavy atom. The number of aryl methyl sites for hydroxylation is 1. The molecule has 3 rings (SSSR count). The quantitative estimate of drug-likeness (QED) is 0.737. The fraction of sp³-hybridized carbons (Fsp3) is 0.429. The monoisotopic (exact) mass is 401 g/mol. The van der Waals surface area contributed by atoms with Crippen LogP contribution in [-0.4, -0.2) is 42.5 Å². The van der Waals surface area contributed by atoms with Crippen LogP contribution in [0.5, 0.6) is 0 Å². The summed E-state index contributed by atoms with van der Waals surface area (Å²) >= 11 is 0. The van der Waals surface area contributed by atoms with Gasteiger partial charge in [-0.25, -0.2) is 12.7 Å². The summed E-state index contributed by atoms with van der Waals surface area (Å²) in [5, 5.41) is 2.88. The highest BCUT2D eigenvalue weighted by Crippen LogP contribution is 2.20. The van der Waals surface area contributed by atoms with Gasteiger partial charge < -0.3 is 5.32 Å². The van der Waals surface area contributed by atoms with E-state index in [0.29, 0.717) is 32.4 Å². The minimum Gasteiger partial charge on any atom is -0.350 e. The van der Waals surface area contributed by atoms with E-state index in [9.17, 15) is 13.2 Å². The van der Waals surface area contributed by atoms with Crippen LogP contribution in [0.15, 0.2) is 54.7 Å². The van der Waals surface area contributed by atoms with Gasteiger partial charge in [-0.2, -0.15) is 0 Å². The summed E-state index contributed by atoms with van der Waals surface area (Å²) in [6.45, 7) is 1.12. The predicted molar refractivity (Wildman–Crippen MR) is 109 cm³/mol. The van der Waals surface area contributed by atoms with Crippen molar-refractivity contribution in [3.8, 4) is 0 Å². The second kappa shape index (κ2) is 9.80. The van der Waals surface area contributed by atoms with Gasteiger partial charge >= 0.3 is 0 Å². The number of sulfonamides is 1. The van der Waals surface area contributed by atoms with Gasteiger partial charge in [0, 0.05) is 19.3 Å². The number of carbonyl (C=O) groups excluding carboxylic acids is 1. The molecule has 2 heterocycles. The van der Waals surface area contributed by atoms with Crippen LogP contribution >= 0.6 is 0 Å². The van der Waals surface area contributed by atoms with Crippen molar-refractivity contribution in [3.05, 3.63) is 66.0 Å². The first-order valence-corrected chi connectivity index (χ1v) is 11.3. The lowest BCUT2D eigenvalue weighted by Gasteiger charge is -2.31. The number of pyridine rings is 1. The predicted octanol–water partition coefficient (Wildman–Crippen LogP) is 2.37. The molecule has 150 valence electrons. The van der Waals surface area contributed by atoms with Gasteiger partial charge in [-0.05, 0) is 43.4 Å². The summed E-state index contributed by atoms with van der Waals surface area (Å²) < 4.78 is 26.9. The van der Waals surface area contributed by atoms with Gasteiger partial charge in [0.1, 0.15) is 0 Å². The molecule has 0 aliphatic carbocycles. The molecule has 1 aliphatic heterocycles. The molecule has 0 unspecified atom stereocenters. The Morgan fingerprint density at radius 1 is 1.14 bits per heavy atom. The maximum absolute atomic E-state index is 12.7. The summed E-state index contributed by atoms with van der Waals surface area (Å²) in [6.07, 6.45) is 4.43. The van der Waals surface area contributed by atoms with Crippen LogP contribution in [0.3, 0.4) is 0 Å². The van der Waals surface area contributed by atoms with Gasteiger partial charge in [-0.15, -0.1) is 0 Å². The average molecular weight is 402 g/mol. The molecule has 7 heteroatoms. The van der Waals surface area contributed by atoms with E-state index >= 15 is 0 Å². The number of piperidine rings is 1. The van der Waals surface area contributed by atoms with Crippen LogP contribution < -0.4 is 5.32 Å². The molecule has 0 saturated carbocycles. The number of benzene rings is 1. The summed E-state index contributed by atoms with van der Waals surface area (Å²) in [4.78, 5) is 16.7. The number of hydrogen-bond acceptors (Lipinski definition) is 4. The van der Waals surface area contributed by atoms with Gasteiger partial charge in [0.15, 0.2) is 0 Å². The molecule has 1 N–H and O–H groups in total. The first-order chi connectivity index (χ1) is 13.5. The molecule has 1 fully saturated rings. The Morgan fingerprint density at radius 2 is 1.93 bits per heavy atom. The van der Waals surface area contributed by atoms with Gasteiger partial charge in [-0.3, -0.25) is 9.78 Å². The maximum atomic E-state index is 12.7. The lowest BCUT2D eigenvalue weighted by molar-refractivity contribution is -0.126. The van der Waals surface area contributed by atoms with E-state index in [1.807, 2.05) is 48.5 Å². The highest BCUT2D eigenvalue weighted by molar-refractivity contribution is 7.89. The highest BCUT2D eigenvalue weighted by atomic mass is 32.2. The first kappa shape index (κ1) is 20.5. The molecule has 1 aromatic carbocycles. The van der Waals surface area contributed by atoms with Crippen molar-refractivity contribution in [1.29, 1.82) is 0 Å². The van der Waals surface area contributed by atoms with Gasteiger partial charge in [0.05, 0.1) is 23.9 Å². The number of rotatable bonds is 8. The molecule has 1 saturated heterocycles. The van der Waals surface area contributed by atoms with Gasteiger partial charge in [0.2, 0.25) is 15.9 Å². The molecule has 1 aromatic heterocycles. The van der Waals surface area contributed by atoms with E-state index in [0.717, 1.165) is 17.7 Å². The largest absolute Gasteiger partial charge is 0.350 e. The number of nitrogens with zero attached hydrogens (tertiary/aromatic N) is 2. The average Bonchev–Trinajstić information content (AvgIpc) is 2.73. The smallest absolute Gasteiger partial charge is 0.224 e. The maximum Gasteiger partial charge on any atom is 0.224 e. The molecule has 1 amide bonds. The van der Waals surface area contributed by atoms with Crippen LogP contribution in [0.4, 0.5) is 0 Å². The molecule has 2 aromatic rings. The summed E-state index contributed by atoms with van der Waals surface area (Å²) in [7, 11) is -3.35. The van der Waals surface area contributed by atoms with Crippen molar-refractivity contribution in [3.63, 3.8) is 0 Å². The number of carbonyl (C=O) groups is 1. The minimum absolute atomic E-state index is 0.102. The molecule has 1 atom stereocenters. The van der Waals surface area contributed by atoms with Crippen molar-refractivity contribution in [2.75, 3.05) is 18.8 Å². The topological polar surface area (TPSA) is 79.4 Å². The zero-order chi connectivity index (χ0) is 19.8. The van der Waals surface area contributed by atoms with E-state index < -0.39 is 10.0 Å².